The van der Waals surface area contributed by atoms with Crippen LogP contribution in [0.15, 0.2) is 12.4 Å². The van der Waals surface area contributed by atoms with Gasteiger partial charge in [-0.15, -0.1) is 0 Å². The third kappa shape index (κ3) is 3.05. The van der Waals surface area contributed by atoms with Crippen molar-refractivity contribution in [1.82, 2.24) is 15.3 Å². The molecular weight excluding hydrogens is 218 g/mol. The van der Waals surface area contributed by atoms with Gasteiger partial charge in [-0.3, -0.25) is 4.79 Å². The number of nitrogens with zero attached hydrogens (tertiary/aromatic N) is 3. The van der Waals surface area contributed by atoms with Gasteiger partial charge in [0.25, 0.3) is 0 Å². The minimum absolute atomic E-state index is 0.0473. The SMILES string of the molecule is CCNc1cc(N2CCCNC(=O)C2)ncn1. The third-order valence-electron chi connectivity index (χ3n) is 2.60. The molecule has 92 valence electrons. The van der Waals surface area contributed by atoms with E-state index in [9.17, 15) is 4.79 Å². The summed E-state index contributed by atoms with van der Waals surface area (Å²) in [6.07, 6.45) is 2.46. The molecule has 6 nitrogen and oxygen atoms in total. The van der Waals surface area contributed by atoms with Crippen molar-refractivity contribution >= 4 is 17.5 Å². The number of hydrogen-bond donors (Lipinski definition) is 2. The molecule has 0 saturated carbocycles. The summed E-state index contributed by atoms with van der Waals surface area (Å²) in [5, 5.41) is 5.98. The molecular formula is C11H17N5O. The van der Waals surface area contributed by atoms with Gasteiger partial charge in [-0.1, -0.05) is 0 Å². The lowest BCUT2D eigenvalue weighted by Crippen LogP contribution is -2.33. The molecule has 0 atom stereocenters. The minimum atomic E-state index is 0.0473. The molecule has 1 fully saturated rings. The van der Waals surface area contributed by atoms with Gasteiger partial charge in [0.2, 0.25) is 5.91 Å². The van der Waals surface area contributed by atoms with Crippen molar-refractivity contribution in [3.63, 3.8) is 0 Å². The van der Waals surface area contributed by atoms with Crippen molar-refractivity contribution in [3.05, 3.63) is 12.4 Å². The number of amides is 1. The van der Waals surface area contributed by atoms with E-state index in [0.29, 0.717) is 6.54 Å². The van der Waals surface area contributed by atoms with Crippen molar-refractivity contribution in [2.45, 2.75) is 13.3 Å². The normalized spacial score (nSPS) is 16.3. The second kappa shape index (κ2) is 5.47. The highest BCUT2D eigenvalue weighted by molar-refractivity contribution is 5.81. The molecule has 1 amide bonds. The van der Waals surface area contributed by atoms with Crippen molar-refractivity contribution in [2.75, 3.05) is 36.4 Å². The Morgan fingerprint density at radius 1 is 1.53 bits per heavy atom. The van der Waals surface area contributed by atoms with Crippen LogP contribution in [0.1, 0.15) is 13.3 Å². The van der Waals surface area contributed by atoms with E-state index in [2.05, 4.69) is 20.6 Å². The van der Waals surface area contributed by atoms with Crippen LogP contribution in [0.4, 0.5) is 11.6 Å². The van der Waals surface area contributed by atoms with E-state index in [4.69, 9.17) is 0 Å². The van der Waals surface area contributed by atoms with Crippen LogP contribution >= 0.6 is 0 Å². The lowest BCUT2D eigenvalue weighted by molar-refractivity contribution is -0.119. The standard InChI is InChI=1S/C11H17N5O/c1-2-12-9-6-10(15-8-14-9)16-5-3-4-13-11(17)7-16/h6,8H,2-5,7H2,1H3,(H,13,17)(H,12,14,15). The fourth-order valence-electron chi connectivity index (χ4n) is 1.80. The van der Waals surface area contributed by atoms with E-state index < -0.39 is 0 Å². The van der Waals surface area contributed by atoms with E-state index in [1.165, 1.54) is 6.33 Å². The van der Waals surface area contributed by atoms with Crippen LogP contribution in [-0.2, 0) is 4.79 Å². The van der Waals surface area contributed by atoms with Crippen LogP contribution in [0.5, 0.6) is 0 Å². The van der Waals surface area contributed by atoms with Gasteiger partial charge in [0.1, 0.15) is 18.0 Å². The number of anilines is 2. The van der Waals surface area contributed by atoms with Crippen LogP contribution in [0.3, 0.4) is 0 Å². The summed E-state index contributed by atoms with van der Waals surface area (Å²) in [7, 11) is 0. The van der Waals surface area contributed by atoms with E-state index in [-0.39, 0.29) is 5.91 Å². The van der Waals surface area contributed by atoms with Gasteiger partial charge in [-0.2, -0.15) is 0 Å². The first kappa shape index (κ1) is 11.6. The average Bonchev–Trinajstić information content (AvgIpc) is 2.55. The molecule has 2 rings (SSSR count). The Morgan fingerprint density at radius 3 is 3.24 bits per heavy atom. The van der Waals surface area contributed by atoms with Crippen LogP contribution in [-0.4, -0.2) is 42.1 Å². The number of hydrogen-bond acceptors (Lipinski definition) is 5. The lowest BCUT2D eigenvalue weighted by atomic mass is 10.3. The van der Waals surface area contributed by atoms with Crippen molar-refractivity contribution < 1.29 is 4.79 Å². The predicted octanol–water partition coefficient (Wildman–Crippen LogP) is 0.235. The van der Waals surface area contributed by atoms with Gasteiger partial charge in [-0.05, 0) is 13.3 Å². The second-order valence-corrected chi connectivity index (χ2v) is 3.92. The predicted molar refractivity (Wildman–Crippen MR) is 66.0 cm³/mol. The summed E-state index contributed by atoms with van der Waals surface area (Å²) >= 11 is 0. The summed E-state index contributed by atoms with van der Waals surface area (Å²) in [6.45, 7) is 4.77. The fraction of sp³-hybridized carbons (Fsp3) is 0.545. The van der Waals surface area contributed by atoms with Crippen molar-refractivity contribution in [2.24, 2.45) is 0 Å². The van der Waals surface area contributed by atoms with Crippen LogP contribution in [0.2, 0.25) is 0 Å². The Bertz CT molecular complexity index is 395. The molecule has 0 aliphatic carbocycles. The molecule has 0 spiro atoms. The summed E-state index contributed by atoms with van der Waals surface area (Å²) in [5.74, 6) is 1.64. The lowest BCUT2D eigenvalue weighted by Gasteiger charge is -2.20. The molecule has 1 saturated heterocycles. The van der Waals surface area contributed by atoms with Crippen LogP contribution in [0.25, 0.3) is 0 Å². The van der Waals surface area contributed by atoms with E-state index >= 15 is 0 Å². The maximum absolute atomic E-state index is 11.5. The second-order valence-electron chi connectivity index (χ2n) is 3.92. The Kier molecular flexibility index (Phi) is 3.74. The Labute approximate surface area is 100 Å². The van der Waals surface area contributed by atoms with E-state index in [1.807, 2.05) is 17.9 Å². The zero-order valence-corrected chi connectivity index (χ0v) is 9.94. The summed E-state index contributed by atoms with van der Waals surface area (Å²) in [4.78, 5) is 21.8. The maximum atomic E-state index is 11.5. The highest BCUT2D eigenvalue weighted by Crippen LogP contribution is 2.14. The molecule has 6 heteroatoms. The molecule has 17 heavy (non-hydrogen) atoms. The van der Waals surface area contributed by atoms with Crippen molar-refractivity contribution in [1.29, 1.82) is 0 Å². The van der Waals surface area contributed by atoms with Crippen LogP contribution < -0.4 is 15.5 Å². The quantitative estimate of drug-likeness (QED) is 0.785. The van der Waals surface area contributed by atoms with Gasteiger partial charge in [0.15, 0.2) is 0 Å². The maximum Gasteiger partial charge on any atom is 0.239 e. The molecule has 0 bridgehead atoms. The Balaban J connectivity index is 2.14. The van der Waals surface area contributed by atoms with E-state index in [1.54, 1.807) is 0 Å². The first-order valence-electron chi connectivity index (χ1n) is 5.87. The smallest absolute Gasteiger partial charge is 0.239 e. The summed E-state index contributed by atoms with van der Waals surface area (Å²) in [6, 6.07) is 1.88. The van der Waals surface area contributed by atoms with Crippen molar-refractivity contribution in [3.8, 4) is 0 Å². The first-order valence-corrected chi connectivity index (χ1v) is 5.87. The zero-order chi connectivity index (χ0) is 12.1. The van der Waals surface area contributed by atoms with Gasteiger partial charge >= 0.3 is 0 Å². The third-order valence-corrected chi connectivity index (χ3v) is 2.60. The molecule has 1 aliphatic heterocycles. The Hall–Kier alpha value is -1.85. The van der Waals surface area contributed by atoms with Gasteiger partial charge < -0.3 is 15.5 Å². The number of nitrogens with one attached hydrogen (secondary N) is 2. The van der Waals surface area contributed by atoms with Crippen LogP contribution in [0, 0.1) is 0 Å². The molecule has 1 aliphatic rings. The first-order chi connectivity index (χ1) is 8.29. The van der Waals surface area contributed by atoms with Gasteiger partial charge in [-0.25, -0.2) is 9.97 Å². The topological polar surface area (TPSA) is 70.2 Å². The monoisotopic (exact) mass is 235 g/mol. The Morgan fingerprint density at radius 2 is 2.41 bits per heavy atom. The molecule has 2 N–H and O–H groups in total. The highest BCUT2D eigenvalue weighted by Gasteiger charge is 2.16. The summed E-state index contributed by atoms with van der Waals surface area (Å²) in [5.41, 5.74) is 0. The van der Waals surface area contributed by atoms with Gasteiger partial charge in [0.05, 0.1) is 6.54 Å². The molecule has 1 aromatic heterocycles. The van der Waals surface area contributed by atoms with E-state index in [0.717, 1.165) is 37.7 Å². The zero-order valence-electron chi connectivity index (χ0n) is 9.94. The largest absolute Gasteiger partial charge is 0.370 e. The summed E-state index contributed by atoms with van der Waals surface area (Å²) < 4.78 is 0. The molecule has 2 heterocycles. The van der Waals surface area contributed by atoms with Gasteiger partial charge in [0, 0.05) is 25.7 Å². The molecule has 0 unspecified atom stereocenters. The fourth-order valence-corrected chi connectivity index (χ4v) is 1.80. The number of carbonyl (C=O) groups excluding carboxylic acids is 1. The highest BCUT2D eigenvalue weighted by atomic mass is 16.2. The number of rotatable bonds is 3. The average molecular weight is 235 g/mol. The number of aromatic nitrogens is 2. The number of carbonyl (C=O) groups is 1. The molecule has 0 radical (unpaired) electrons. The molecule has 1 aromatic rings. The minimum Gasteiger partial charge on any atom is -0.370 e. The molecule has 0 aromatic carbocycles.